The number of piperidine rings is 2. The number of benzene rings is 1. The Hall–Kier alpha value is -1.39. The molecule has 0 saturated carbocycles. The van der Waals surface area contributed by atoms with Gasteiger partial charge in [0.2, 0.25) is 5.91 Å². The first-order valence-electron chi connectivity index (χ1n) is 9.93. The number of nitrogens with one attached hydrogen (secondary N) is 2. The van der Waals surface area contributed by atoms with Crippen LogP contribution in [0.5, 0.6) is 0 Å². The Labute approximate surface area is 152 Å². The summed E-state index contributed by atoms with van der Waals surface area (Å²) in [4.78, 5) is 15.2. The number of amides is 1. The van der Waals surface area contributed by atoms with E-state index in [0.29, 0.717) is 6.04 Å². The van der Waals surface area contributed by atoms with Crippen molar-refractivity contribution in [3.63, 3.8) is 0 Å². The summed E-state index contributed by atoms with van der Waals surface area (Å²) in [6.45, 7) is 8.43. The molecule has 2 saturated heterocycles. The molecule has 2 fully saturated rings. The van der Waals surface area contributed by atoms with Gasteiger partial charge in [-0.3, -0.25) is 9.69 Å². The number of likely N-dealkylation sites (tertiary alicyclic amines) is 1. The van der Waals surface area contributed by atoms with Crippen molar-refractivity contribution in [2.45, 2.75) is 51.6 Å². The highest BCUT2D eigenvalue weighted by Gasteiger charge is 2.28. The van der Waals surface area contributed by atoms with E-state index in [1.165, 1.54) is 18.4 Å². The van der Waals surface area contributed by atoms with E-state index in [1.807, 2.05) is 0 Å². The Morgan fingerprint density at radius 2 is 1.92 bits per heavy atom. The molecule has 0 aliphatic carbocycles. The fraction of sp³-hybridized carbons (Fsp3) is 0.667. The monoisotopic (exact) mass is 343 g/mol. The molecule has 2 heterocycles. The van der Waals surface area contributed by atoms with E-state index in [1.54, 1.807) is 0 Å². The molecule has 25 heavy (non-hydrogen) atoms. The SMILES string of the molecule is CC1CCN(C(CNC(=O)[C@H]2CCN[C@@H](C)C2)c2ccccc2)CC1. The van der Waals surface area contributed by atoms with Crippen LogP contribution >= 0.6 is 0 Å². The minimum Gasteiger partial charge on any atom is -0.354 e. The molecule has 3 rings (SSSR count). The van der Waals surface area contributed by atoms with E-state index in [-0.39, 0.29) is 17.9 Å². The normalized spacial score (nSPS) is 27.0. The molecule has 138 valence electrons. The molecular weight excluding hydrogens is 310 g/mol. The fourth-order valence-electron chi connectivity index (χ4n) is 4.18. The summed E-state index contributed by atoms with van der Waals surface area (Å²) in [6, 6.07) is 11.4. The minimum absolute atomic E-state index is 0.161. The molecule has 4 heteroatoms. The van der Waals surface area contributed by atoms with Crippen molar-refractivity contribution in [2.24, 2.45) is 11.8 Å². The zero-order chi connectivity index (χ0) is 17.6. The van der Waals surface area contributed by atoms with Crippen LogP contribution in [-0.4, -0.2) is 43.0 Å². The van der Waals surface area contributed by atoms with Crippen LogP contribution in [0.1, 0.15) is 51.1 Å². The predicted molar refractivity (Wildman–Crippen MR) is 102 cm³/mol. The van der Waals surface area contributed by atoms with Crippen molar-refractivity contribution < 1.29 is 4.79 Å². The van der Waals surface area contributed by atoms with Gasteiger partial charge in [0.15, 0.2) is 0 Å². The number of rotatable bonds is 5. The van der Waals surface area contributed by atoms with E-state index in [2.05, 4.69) is 59.7 Å². The Morgan fingerprint density at radius 3 is 2.60 bits per heavy atom. The smallest absolute Gasteiger partial charge is 0.223 e. The van der Waals surface area contributed by atoms with Crippen molar-refractivity contribution in [2.75, 3.05) is 26.2 Å². The van der Waals surface area contributed by atoms with Gasteiger partial charge in [-0.1, -0.05) is 37.3 Å². The Bertz CT molecular complexity index is 539. The average molecular weight is 344 g/mol. The number of carbonyl (C=O) groups is 1. The van der Waals surface area contributed by atoms with Gasteiger partial charge in [0, 0.05) is 18.5 Å². The lowest BCUT2D eigenvalue weighted by Crippen LogP contribution is -2.46. The maximum atomic E-state index is 12.7. The first-order valence-corrected chi connectivity index (χ1v) is 9.93. The Balaban J connectivity index is 1.62. The van der Waals surface area contributed by atoms with E-state index in [0.717, 1.165) is 44.9 Å². The summed E-state index contributed by atoms with van der Waals surface area (Å²) in [7, 11) is 0. The highest BCUT2D eigenvalue weighted by Crippen LogP contribution is 2.26. The summed E-state index contributed by atoms with van der Waals surface area (Å²) in [5, 5.41) is 6.70. The summed E-state index contributed by atoms with van der Waals surface area (Å²) in [6.07, 6.45) is 4.41. The van der Waals surface area contributed by atoms with Gasteiger partial charge in [0.05, 0.1) is 6.04 Å². The zero-order valence-corrected chi connectivity index (χ0v) is 15.7. The second-order valence-electron chi connectivity index (χ2n) is 7.97. The van der Waals surface area contributed by atoms with Gasteiger partial charge >= 0.3 is 0 Å². The first-order chi connectivity index (χ1) is 12.1. The summed E-state index contributed by atoms with van der Waals surface area (Å²) in [5.41, 5.74) is 1.32. The van der Waals surface area contributed by atoms with Gasteiger partial charge in [0.1, 0.15) is 0 Å². The molecule has 4 nitrogen and oxygen atoms in total. The molecular formula is C21H33N3O. The molecule has 1 amide bonds. The lowest BCUT2D eigenvalue weighted by molar-refractivity contribution is -0.126. The van der Waals surface area contributed by atoms with Crippen LogP contribution in [0.3, 0.4) is 0 Å². The van der Waals surface area contributed by atoms with E-state index in [4.69, 9.17) is 0 Å². The van der Waals surface area contributed by atoms with Gasteiger partial charge in [-0.05, 0) is 63.7 Å². The second kappa shape index (κ2) is 8.81. The van der Waals surface area contributed by atoms with Crippen LogP contribution in [0.15, 0.2) is 30.3 Å². The summed E-state index contributed by atoms with van der Waals surface area (Å²) in [5.74, 6) is 1.22. The van der Waals surface area contributed by atoms with Crippen LogP contribution in [0, 0.1) is 11.8 Å². The van der Waals surface area contributed by atoms with Crippen LogP contribution in [-0.2, 0) is 4.79 Å². The highest BCUT2D eigenvalue weighted by molar-refractivity contribution is 5.78. The van der Waals surface area contributed by atoms with E-state index < -0.39 is 0 Å². The number of nitrogens with zero attached hydrogens (tertiary/aromatic N) is 1. The topological polar surface area (TPSA) is 44.4 Å². The average Bonchev–Trinajstić information content (AvgIpc) is 2.64. The Kier molecular flexibility index (Phi) is 6.49. The van der Waals surface area contributed by atoms with Gasteiger partial charge in [-0.2, -0.15) is 0 Å². The van der Waals surface area contributed by atoms with E-state index >= 15 is 0 Å². The molecule has 1 unspecified atom stereocenters. The number of hydrogen-bond acceptors (Lipinski definition) is 3. The molecule has 1 aromatic carbocycles. The highest BCUT2D eigenvalue weighted by atomic mass is 16.1. The molecule has 0 bridgehead atoms. The van der Waals surface area contributed by atoms with Crippen molar-refractivity contribution in [1.29, 1.82) is 0 Å². The number of hydrogen-bond donors (Lipinski definition) is 2. The van der Waals surface area contributed by atoms with E-state index in [9.17, 15) is 4.79 Å². The lowest BCUT2D eigenvalue weighted by atomic mass is 9.92. The second-order valence-corrected chi connectivity index (χ2v) is 7.97. The maximum absolute atomic E-state index is 12.7. The summed E-state index contributed by atoms with van der Waals surface area (Å²) >= 11 is 0. The van der Waals surface area contributed by atoms with Gasteiger partial charge in [-0.25, -0.2) is 0 Å². The standard InChI is InChI=1S/C21H33N3O/c1-16-9-12-24(13-10-16)20(18-6-4-3-5-7-18)15-23-21(25)19-8-11-22-17(2)14-19/h3-7,16-17,19-20,22H,8-15H2,1-2H3,(H,23,25)/t17-,19-,20?/m0/s1. The third-order valence-electron chi connectivity index (χ3n) is 5.91. The minimum atomic E-state index is 0.161. The van der Waals surface area contributed by atoms with Crippen LogP contribution in [0.25, 0.3) is 0 Å². The molecule has 0 aromatic heterocycles. The molecule has 0 spiro atoms. The first kappa shape index (κ1) is 18.4. The molecule has 2 aliphatic rings. The molecule has 2 N–H and O–H groups in total. The van der Waals surface area contributed by atoms with Crippen LogP contribution in [0.2, 0.25) is 0 Å². The van der Waals surface area contributed by atoms with Crippen LogP contribution in [0.4, 0.5) is 0 Å². The third-order valence-corrected chi connectivity index (χ3v) is 5.91. The van der Waals surface area contributed by atoms with Crippen molar-refractivity contribution in [1.82, 2.24) is 15.5 Å². The van der Waals surface area contributed by atoms with Gasteiger partial charge in [0.25, 0.3) is 0 Å². The van der Waals surface area contributed by atoms with Crippen molar-refractivity contribution >= 4 is 5.91 Å². The molecule has 3 atom stereocenters. The molecule has 2 aliphatic heterocycles. The van der Waals surface area contributed by atoms with Crippen LogP contribution < -0.4 is 10.6 Å². The number of carbonyl (C=O) groups excluding carboxylic acids is 1. The largest absolute Gasteiger partial charge is 0.354 e. The van der Waals surface area contributed by atoms with Crippen molar-refractivity contribution in [3.05, 3.63) is 35.9 Å². The van der Waals surface area contributed by atoms with Crippen molar-refractivity contribution in [3.8, 4) is 0 Å². The van der Waals surface area contributed by atoms with Gasteiger partial charge in [-0.15, -0.1) is 0 Å². The molecule has 1 aromatic rings. The predicted octanol–water partition coefficient (Wildman–Crippen LogP) is 2.96. The third kappa shape index (κ3) is 5.05. The quantitative estimate of drug-likeness (QED) is 0.864. The molecule has 0 radical (unpaired) electrons. The fourth-order valence-corrected chi connectivity index (χ4v) is 4.18. The zero-order valence-electron chi connectivity index (χ0n) is 15.7. The summed E-state index contributed by atoms with van der Waals surface area (Å²) < 4.78 is 0. The lowest BCUT2D eigenvalue weighted by Gasteiger charge is -2.37. The Morgan fingerprint density at radius 1 is 1.20 bits per heavy atom. The maximum Gasteiger partial charge on any atom is 0.223 e. The van der Waals surface area contributed by atoms with Gasteiger partial charge < -0.3 is 10.6 Å².